The van der Waals surface area contributed by atoms with Crippen LogP contribution in [0, 0.1) is 0 Å². The molecule has 0 aromatic rings. The Labute approximate surface area is 114 Å². The maximum absolute atomic E-state index is 9.76. The standard InChI is InChI=1S/2C6H12O2.Co/c2*1-2-3-4-5-6(7)8;/h2*2-5H2,1H3,(H,7,8);/q;;+2/p-2. The van der Waals surface area contributed by atoms with E-state index in [9.17, 15) is 19.8 Å². The minimum Gasteiger partial charge on any atom is -0.550 e. The Morgan fingerprint density at radius 3 is 1.24 bits per heavy atom. The number of carbonyl (C=O) groups is 2. The van der Waals surface area contributed by atoms with E-state index in [4.69, 9.17) is 0 Å². The van der Waals surface area contributed by atoms with Crippen LogP contribution in [0.4, 0.5) is 0 Å². The van der Waals surface area contributed by atoms with Crippen LogP contribution in [0.5, 0.6) is 0 Å². The maximum Gasteiger partial charge on any atom is 2.00 e. The second kappa shape index (κ2) is 17.8. The molecule has 0 amide bonds. The molecule has 0 aliphatic heterocycles. The normalized spacial score (nSPS) is 8.59. The molecule has 0 aromatic heterocycles. The summed E-state index contributed by atoms with van der Waals surface area (Å²) in [6.45, 7) is 4.07. The zero-order valence-corrected chi connectivity index (χ0v) is 11.7. The van der Waals surface area contributed by atoms with Crippen molar-refractivity contribution in [3.63, 3.8) is 0 Å². The van der Waals surface area contributed by atoms with E-state index in [0.29, 0.717) is 0 Å². The van der Waals surface area contributed by atoms with Crippen molar-refractivity contribution in [2.75, 3.05) is 0 Å². The number of hydrogen-bond donors (Lipinski definition) is 0. The Balaban J connectivity index is -0.000000218. The van der Waals surface area contributed by atoms with Gasteiger partial charge < -0.3 is 19.8 Å². The van der Waals surface area contributed by atoms with Crippen molar-refractivity contribution in [1.82, 2.24) is 0 Å². The summed E-state index contributed by atoms with van der Waals surface area (Å²) < 4.78 is 0. The molecule has 0 rings (SSSR count). The van der Waals surface area contributed by atoms with Crippen molar-refractivity contribution >= 4 is 11.9 Å². The first kappa shape index (κ1) is 21.7. The van der Waals surface area contributed by atoms with Crippen molar-refractivity contribution in [2.45, 2.75) is 65.2 Å². The van der Waals surface area contributed by atoms with Gasteiger partial charge in [-0.15, -0.1) is 0 Å². The summed E-state index contributed by atoms with van der Waals surface area (Å²) in [5, 5.41) is 19.5. The summed E-state index contributed by atoms with van der Waals surface area (Å²) in [6.07, 6.45) is 6.07. The molecule has 0 saturated heterocycles. The second-order valence-corrected chi connectivity index (χ2v) is 3.66. The van der Waals surface area contributed by atoms with Gasteiger partial charge in [0.2, 0.25) is 0 Å². The monoisotopic (exact) mass is 289 g/mol. The molecule has 0 spiro atoms. The van der Waals surface area contributed by atoms with Crippen molar-refractivity contribution < 1.29 is 36.6 Å². The average Bonchev–Trinajstić information content (AvgIpc) is 2.18. The van der Waals surface area contributed by atoms with Gasteiger partial charge >= 0.3 is 16.8 Å². The molecule has 17 heavy (non-hydrogen) atoms. The molecule has 0 N–H and O–H groups in total. The molecule has 0 bridgehead atoms. The van der Waals surface area contributed by atoms with Crippen molar-refractivity contribution in [3.05, 3.63) is 0 Å². The van der Waals surface area contributed by atoms with Crippen LogP contribution in [-0.4, -0.2) is 11.9 Å². The molecule has 103 valence electrons. The Morgan fingerprint density at radius 1 is 0.765 bits per heavy atom. The largest absolute Gasteiger partial charge is 2.00 e. The number of unbranched alkanes of at least 4 members (excludes halogenated alkanes) is 4. The van der Waals surface area contributed by atoms with Crippen LogP contribution in [0.2, 0.25) is 0 Å². The average molecular weight is 289 g/mol. The van der Waals surface area contributed by atoms with E-state index >= 15 is 0 Å². The minimum atomic E-state index is -0.932. The Hall–Kier alpha value is -0.554. The van der Waals surface area contributed by atoms with Gasteiger partial charge in [-0.1, -0.05) is 39.5 Å². The van der Waals surface area contributed by atoms with Gasteiger partial charge in [0.05, 0.1) is 0 Å². The van der Waals surface area contributed by atoms with Crippen LogP contribution in [0.15, 0.2) is 0 Å². The van der Waals surface area contributed by atoms with Crippen LogP contribution >= 0.6 is 0 Å². The fourth-order valence-corrected chi connectivity index (χ4v) is 1.04. The minimum absolute atomic E-state index is 0. The third kappa shape index (κ3) is 31.3. The molecule has 4 nitrogen and oxygen atoms in total. The van der Waals surface area contributed by atoms with E-state index in [1.54, 1.807) is 0 Å². The Morgan fingerprint density at radius 2 is 1.06 bits per heavy atom. The van der Waals surface area contributed by atoms with Gasteiger partial charge in [0.1, 0.15) is 0 Å². The molecule has 5 heteroatoms. The summed E-state index contributed by atoms with van der Waals surface area (Å²) in [5.74, 6) is -1.86. The SMILES string of the molecule is CCCCCC(=O)[O-].CCCCCC(=O)[O-].[Co+2]. The van der Waals surface area contributed by atoms with Gasteiger partial charge in [0.25, 0.3) is 0 Å². The van der Waals surface area contributed by atoms with Crippen molar-refractivity contribution in [2.24, 2.45) is 0 Å². The number of rotatable bonds is 8. The molecule has 0 unspecified atom stereocenters. The summed E-state index contributed by atoms with van der Waals surface area (Å²) in [4.78, 5) is 19.5. The second-order valence-electron chi connectivity index (χ2n) is 3.66. The fourth-order valence-electron chi connectivity index (χ4n) is 1.04. The van der Waals surface area contributed by atoms with Gasteiger partial charge in [0.15, 0.2) is 0 Å². The van der Waals surface area contributed by atoms with Crippen LogP contribution in [-0.2, 0) is 26.4 Å². The molecule has 0 aromatic carbocycles. The molecule has 0 heterocycles. The van der Waals surface area contributed by atoms with Gasteiger partial charge in [-0.2, -0.15) is 0 Å². The van der Waals surface area contributed by atoms with E-state index in [0.717, 1.165) is 38.5 Å². The van der Waals surface area contributed by atoms with E-state index in [1.807, 2.05) is 13.8 Å². The smallest absolute Gasteiger partial charge is 0.550 e. The first-order chi connectivity index (χ1) is 7.54. The summed E-state index contributed by atoms with van der Waals surface area (Å²) in [5.41, 5.74) is 0. The molecule has 1 radical (unpaired) electrons. The van der Waals surface area contributed by atoms with E-state index in [-0.39, 0.29) is 29.6 Å². The van der Waals surface area contributed by atoms with Crippen LogP contribution < -0.4 is 10.2 Å². The van der Waals surface area contributed by atoms with Crippen LogP contribution in [0.3, 0.4) is 0 Å². The number of aliphatic carboxylic acids is 2. The third-order valence-electron chi connectivity index (χ3n) is 1.97. The summed E-state index contributed by atoms with van der Waals surface area (Å²) >= 11 is 0. The van der Waals surface area contributed by atoms with Crippen LogP contribution in [0.25, 0.3) is 0 Å². The van der Waals surface area contributed by atoms with Gasteiger partial charge in [0, 0.05) is 11.9 Å². The quantitative estimate of drug-likeness (QED) is 0.614. The van der Waals surface area contributed by atoms with Crippen molar-refractivity contribution in [1.29, 1.82) is 0 Å². The summed E-state index contributed by atoms with van der Waals surface area (Å²) in [6, 6.07) is 0. The predicted molar refractivity (Wildman–Crippen MR) is 58.3 cm³/mol. The zero-order chi connectivity index (χ0) is 12.8. The number of carboxylic acids is 2. The zero-order valence-electron chi connectivity index (χ0n) is 10.6. The molecule has 0 fully saturated rings. The van der Waals surface area contributed by atoms with E-state index in [1.165, 1.54) is 0 Å². The predicted octanol–water partition coefficient (Wildman–Crippen LogP) is 0.631. The molecule has 0 aliphatic rings. The maximum atomic E-state index is 9.76. The number of carbonyl (C=O) groups excluding carboxylic acids is 2. The van der Waals surface area contributed by atoms with Gasteiger partial charge in [-0.05, 0) is 25.7 Å². The molecule has 0 aliphatic carbocycles. The molecular weight excluding hydrogens is 267 g/mol. The Bertz CT molecular complexity index is 163. The molecule has 0 atom stereocenters. The number of hydrogen-bond acceptors (Lipinski definition) is 4. The Kier molecular flexibility index (Phi) is 22.8. The van der Waals surface area contributed by atoms with E-state index in [2.05, 4.69) is 0 Å². The van der Waals surface area contributed by atoms with Gasteiger partial charge in [-0.25, -0.2) is 0 Å². The molecular formula is C12H22CoO4. The molecule has 0 saturated carbocycles. The van der Waals surface area contributed by atoms with E-state index < -0.39 is 11.9 Å². The third-order valence-corrected chi connectivity index (χ3v) is 1.97. The van der Waals surface area contributed by atoms with Gasteiger partial charge in [-0.3, -0.25) is 0 Å². The fraction of sp³-hybridized carbons (Fsp3) is 0.833. The topological polar surface area (TPSA) is 80.3 Å². The number of carboxylic acid groups (broad SMARTS) is 2. The summed E-state index contributed by atoms with van der Waals surface area (Å²) in [7, 11) is 0. The van der Waals surface area contributed by atoms with Crippen molar-refractivity contribution in [3.8, 4) is 0 Å². The first-order valence-corrected chi connectivity index (χ1v) is 5.94. The van der Waals surface area contributed by atoms with Crippen LogP contribution in [0.1, 0.15) is 65.2 Å². The first-order valence-electron chi connectivity index (χ1n) is 5.94.